The summed E-state index contributed by atoms with van der Waals surface area (Å²) >= 11 is 0.939. The Hall–Kier alpha value is -1.15. The lowest BCUT2D eigenvalue weighted by Gasteiger charge is -2.19. The van der Waals surface area contributed by atoms with E-state index >= 15 is 0 Å². The highest BCUT2D eigenvalue weighted by Gasteiger charge is 2.50. The van der Waals surface area contributed by atoms with Gasteiger partial charge in [0.2, 0.25) is 0 Å². The molecule has 0 unspecified atom stereocenters. The highest BCUT2D eigenvalue weighted by Crippen LogP contribution is 2.46. The van der Waals surface area contributed by atoms with Crippen LogP contribution in [0.1, 0.15) is 23.5 Å². The molecule has 0 atom stereocenters. The molecule has 0 amide bonds. The van der Waals surface area contributed by atoms with Crippen LogP contribution < -0.4 is 0 Å². The molecule has 1 aromatic heterocycles. The molecule has 4 nitrogen and oxygen atoms in total. The van der Waals surface area contributed by atoms with E-state index in [0.717, 1.165) is 16.7 Å². The smallest absolute Gasteiger partial charge is 0.434 e. The second kappa shape index (κ2) is 4.75. The van der Waals surface area contributed by atoms with Gasteiger partial charge in [-0.15, -0.1) is 11.3 Å². The molecule has 19 heavy (non-hydrogen) atoms. The van der Waals surface area contributed by atoms with Crippen LogP contribution in [0.5, 0.6) is 0 Å². The monoisotopic (exact) mass is 294 g/mol. The molecule has 106 valence electrons. The Morgan fingerprint density at radius 2 is 2.21 bits per heavy atom. The molecule has 1 aliphatic rings. The fraction of sp³-hybridized carbons (Fsp3) is 0.636. The van der Waals surface area contributed by atoms with Gasteiger partial charge in [0.15, 0.2) is 5.69 Å². The van der Waals surface area contributed by atoms with Crippen molar-refractivity contribution in [3.8, 4) is 0 Å². The van der Waals surface area contributed by atoms with Crippen LogP contribution in [0.4, 0.5) is 13.2 Å². The summed E-state index contributed by atoms with van der Waals surface area (Å²) in [6, 6.07) is 0. The molecule has 1 aromatic rings. The fourth-order valence-corrected chi connectivity index (χ4v) is 2.79. The number of carbonyl (C=O) groups is 1. The van der Waals surface area contributed by atoms with E-state index in [9.17, 15) is 18.0 Å². The van der Waals surface area contributed by atoms with Crippen molar-refractivity contribution in [2.24, 2.45) is 5.41 Å². The predicted molar refractivity (Wildman–Crippen MR) is 62.8 cm³/mol. The Morgan fingerprint density at radius 1 is 1.58 bits per heavy atom. The van der Waals surface area contributed by atoms with E-state index in [4.69, 9.17) is 5.11 Å². The number of halogens is 3. The molecular formula is C11H13F3N2O2S. The first-order valence-electron chi connectivity index (χ1n) is 5.66. The normalized spacial score (nSPS) is 17.7. The standard InChI is InChI=1S/C11H13F3N2O2S/c1-16(6-10(2-3-10)9(17)18)4-8-15-7(5-19-8)11(12,13)14/h5H,2-4,6H2,1H3,(H,17,18). The van der Waals surface area contributed by atoms with E-state index in [1.807, 2.05) is 0 Å². The fourth-order valence-electron chi connectivity index (χ4n) is 1.91. The van der Waals surface area contributed by atoms with Gasteiger partial charge in [0.05, 0.1) is 12.0 Å². The Balaban J connectivity index is 1.94. The van der Waals surface area contributed by atoms with Crippen LogP contribution in [0.2, 0.25) is 0 Å². The van der Waals surface area contributed by atoms with Crippen molar-refractivity contribution in [1.29, 1.82) is 0 Å². The minimum absolute atomic E-state index is 0.232. The zero-order chi connectivity index (χ0) is 14.3. The zero-order valence-electron chi connectivity index (χ0n) is 10.2. The summed E-state index contributed by atoms with van der Waals surface area (Å²) in [5.41, 5.74) is -1.60. The van der Waals surface area contributed by atoms with E-state index < -0.39 is 23.3 Å². The molecule has 0 radical (unpaired) electrons. The molecule has 0 spiro atoms. The summed E-state index contributed by atoms with van der Waals surface area (Å²) in [7, 11) is 1.69. The Bertz CT molecular complexity index is 483. The van der Waals surface area contributed by atoms with Gasteiger partial charge in [-0.25, -0.2) is 4.98 Å². The highest BCUT2D eigenvalue weighted by molar-refractivity contribution is 7.09. The van der Waals surface area contributed by atoms with Crippen molar-refractivity contribution in [3.05, 3.63) is 16.1 Å². The summed E-state index contributed by atoms with van der Waals surface area (Å²) in [4.78, 5) is 16.2. The van der Waals surface area contributed by atoms with Gasteiger partial charge in [-0.1, -0.05) is 0 Å². The number of nitrogens with zero attached hydrogens (tertiary/aromatic N) is 2. The van der Waals surface area contributed by atoms with Gasteiger partial charge < -0.3 is 5.11 Å². The molecule has 1 heterocycles. The maximum absolute atomic E-state index is 12.4. The van der Waals surface area contributed by atoms with Crippen LogP contribution in [-0.2, 0) is 17.5 Å². The number of aromatic nitrogens is 1. The van der Waals surface area contributed by atoms with Crippen molar-refractivity contribution >= 4 is 17.3 Å². The zero-order valence-corrected chi connectivity index (χ0v) is 11.0. The van der Waals surface area contributed by atoms with Gasteiger partial charge in [-0.2, -0.15) is 13.2 Å². The van der Waals surface area contributed by atoms with E-state index in [0.29, 0.717) is 24.4 Å². The summed E-state index contributed by atoms with van der Waals surface area (Å²) in [6.07, 6.45) is -3.18. The van der Waals surface area contributed by atoms with Crippen LogP contribution in [0.15, 0.2) is 5.38 Å². The number of carboxylic acid groups (broad SMARTS) is 1. The third kappa shape index (κ3) is 3.24. The molecule has 1 fully saturated rings. The van der Waals surface area contributed by atoms with E-state index in [-0.39, 0.29) is 6.54 Å². The minimum Gasteiger partial charge on any atom is -0.481 e. The summed E-state index contributed by atoms with van der Waals surface area (Å²) in [6.45, 7) is 0.568. The first-order valence-corrected chi connectivity index (χ1v) is 6.54. The number of thiazole rings is 1. The molecule has 2 rings (SSSR count). The van der Waals surface area contributed by atoms with Crippen LogP contribution in [-0.4, -0.2) is 34.6 Å². The van der Waals surface area contributed by atoms with E-state index in [1.54, 1.807) is 11.9 Å². The van der Waals surface area contributed by atoms with E-state index in [1.165, 1.54) is 0 Å². The van der Waals surface area contributed by atoms with Gasteiger partial charge in [0, 0.05) is 11.9 Å². The lowest BCUT2D eigenvalue weighted by molar-refractivity contribution is -0.144. The first-order chi connectivity index (χ1) is 8.73. The average molecular weight is 294 g/mol. The van der Waals surface area contributed by atoms with Gasteiger partial charge in [0.1, 0.15) is 5.01 Å². The van der Waals surface area contributed by atoms with Crippen molar-refractivity contribution in [2.75, 3.05) is 13.6 Å². The Labute approximate surface area is 111 Å². The molecule has 0 aromatic carbocycles. The third-order valence-electron chi connectivity index (χ3n) is 3.13. The SMILES string of the molecule is CN(Cc1nc(C(F)(F)F)cs1)CC1(C(=O)O)CC1. The molecular weight excluding hydrogens is 281 g/mol. The summed E-state index contributed by atoms with van der Waals surface area (Å²) < 4.78 is 37.1. The molecule has 1 N–H and O–H groups in total. The van der Waals surface area contributed by atoms with Crippen LogP contribution in [0.25, 0.3) is 0 Å². The molecule has 1 aliphatic carbocycles. The lowest BCUT2D eigenvalue weighted by Crippen LogP contribution is -2.31. The van der Waals surface area contributed by atoms with Crippen molar-refractivity contribution in [3.63, 3.8) is 0 Å². The van der Waals surface area contributed by atoms with Gasteiger partial charge in [-0.05, 0) is 19.9 Å². The van der Waals surface area contributed by atoms with Crippen LogP contribution >= 0.6 is 11.3 Å². The summed E-state index contributed by atoms with van der Waals surface area (Å²) in [5, 5.41) is 10.4. The second-order valence-corrected chi connectivity index (χ2v) is 5.82. The topological polar surface area (TPSA) is 53.4 Å². The van der Waals surface area contributed by atoms with Gasteiger partial charge >= 0.3 is 12.1 Å². The molecule has 8 heteroatoms. The van der Waals surface area contributed by atoms with Crippen molar-refractivity contribution < 1.29 is 23.1 Å². The molecule has 0 bridgehead atoms. The minimum atomic E-state index is -4.42. The Kier molecular flexibility index (Phi) is 3.57. The first kappa shape index (κ1) is 14.3. The number of rotatable bonds is 5. The van der Waals surface area contributed by atoms with E-state index in [2.05, 4.69) is 4.98 Å². The molecule has 0 saturated heterocycles. The molecule has 0 aliphatic heterocycles. The largest absolute Gasteiger partial charge is 0.481 e. The molecule has 1 saturated carbocycles. The van der Waals surface area contributed by atoms with Gasteiger partial charge in [0.25, 0.3) is 0 Å². The Morgan fingerprint density at radius 3 is 2.63 bits per heavy atom. The number of hydrogen-bond donors (Lipinski definition) is 1. The van der Waals surface area contributed by atoms with Gasteiger partial charge in [-0.3, -0.25) is 9.69 Å². The summed E-state index contributed by atoms with van der Waals surface area (Å²) in [5.74, 6) is -0.838. The van der Waals surface area contributed by atoms with Crippen molar-refractivity contribution in [1.82, 2.24) is 9.88 Å². The number of alkyl halides is 3. The number of aliphatic carboxylic acids is 1. The number of hydrogen-bond acceptors (Lipinski definition) is 4. The van der Waals surface area contributed by atoms with Crippen LogP contribution in [0, 0.1) is 5.41 Å². The average Bonchev–Trinajstić information content (AvgIpc) is 2.87. The highest BCUT2D eigenvalue weighted by atomic mass is 32.1. The predicted octanol–water partition coefficient (Wildman–Crippen LogP) is 2.46. The second-order valence-electron chi connectivity index (χ2n) is 4.88. The maximum Gasteiger partial charge on any atom is 0.434 e. The lowest BCUT2D eigenvalue weighted by atomic mass is 10.1. The van der Waals surface area contributed by atoms with Crippen molar-refractivity contribution in [2.45, 2.75) is 25.6 Å². The van der Waals surface area contributed by atoms with Crippen LogP contribution in [0.3, 0.4) is 0 Å². The third-order valence-corrected chi connectivity index (χ3v) is 3.96. The quantitative estimate of drug-likeness (QED) is 0.906. The number of carboxylic acids is 1. The maximum atomic E-state index is 12.4.